The Balaban J connectivity index is 1.86. The Morgan fingerprint density at radius 1 is 1.12 bits per heavy atom. The number of hydrogen-bond donors (Lipinski definition) is 1. The van der Waals surface area contributed by atoms with E-state index in [0.717, 1.165) is 16.7 Å². The Hall–Kier alpha value is -3.10. The molecular weight excluding hydrogens is 332 g/mol. The zero-order valence-electron chi connectivity index (χ0n) is 13.9. The Morgan fingerprint density at radius 2 is 1.80 bits per heavy atom. The van der Waals surface area contributed by atoms with Gasteiger partial charge in [0.15, 0.2) is 0 Å². The molecule has 124 valence electrons. The van der Waals surface area contributed by atoms with Crippen LogP contribution in [0.15, 0.2) is 53.9 Å². The molecule has 3 aromatic rings. The van der Waals surface area contributed by atoms with Gasteiger partial charge >= 0.3 is 0 Å². The molecule has 1 aromatic heterocycles. The van der Waals surface area contributed by atoms with E-state index >= 15 is 0 Å². The highest BCUT2D eigenvalue weighted by Crippen LogP contribution is 2.35. The number of benzene rings is 2. The quantitative estimate of drug-likeness (QED) is 0.732. The van der Waals surface area contributed by atoms with Gasteiger partial charge in [0.1, 0.15) is 16.8 Å². The van der Waals surface area contributed by atoms with E-state index in [0.29, 0.717) is 21.9 Å². The third-order valence-electron chi connectivity index (χ3n) is 3.84. The van der Waals surface area contributed by atoms with E-state index in [-0.39, 0.29) is 5.91 Å². The summed E-state index contributed by atoms with van der Waals surface area (Å²) < 4.78 is 5.09. The van der Waals surface area contributed by atoms with Gasteiger partial charge in [-0.25, -0.2) is 0 Å². The molecule has 25 heavy (non-hydrogen) atoms. The number of nitrogens with zero attached hydrogens (tertiary/aromatic N) is 1. The first-order valence-electron chi connectivity index (χ1n) is 7.66. The Morgan fingerprint density at radius 3 is 2.40 bits per heavy atom. The summed E-state index contributed by atoms with van der Waals surface area (Å²) in [6.07, 6.45) is 0. The van der Waals surface area contributed by atoms with Gasteiger partial charge in [0.2, 0.25) is 0 Å². The zero-order valence-corrected chi connectivity index (χ0v) is 14.7. The minimum Gasteiger partial charge on any atom is -0.497 e. The maximum atomic E-state index is 12.4. The third-order valence-corrected chi connectivity index (χ3v) is 4.74. The summed E-state index contributed by atoms with van der Waals surface area (Å²) >= 11 is 1.35. The molecule has 0 bridgehead atoms. The molecule has 3 rings (SSSR count). The number of amides is 1. The van der Waals surface area contributed by atoms with Crippen molar-refractivity contribution in [2.24, 2.45) is 0 Å². The SMILES string of the molecule is COc1ccc(C(=O)Nc2scc(-c3ccc(C)cc3)c2C#N)cc1. The average molecular weight is 348 g/mol. The van der Waals surface area contributed by atoms with E-state index in [1.807, 2.05) is 36.6 Å². The van der Waals surface area contributed by atoms with Crippen molar-refractivity contribution in [3.8, 4) is 22.9 Å². The highest BCUT2D eigenvalue weighted by atomic mass is 32.1. The molecule has 1 heterocycles. The second kappa shape index (κ2) is 7.20. The van der Waals surface area contributed by atoms with Crippen molar-refractivity contribution in [3.05, 3.63) is 70.6 Å². The molecule has 0 saturated heterocycles. The molecule has 0 aliphatic heterocycles. The first kappa shape index (κ1) is 16.7. The first-order valence-corrected chi connectivity index (χ1v) is 8.54. The van der Waals surface area contributed by atoms with E-state index in [9.17, 15) is 10.1 Å². The predicted molar refractivity (Wildman–Crippen MR) is 100 cm³/mol. The third kappa shape index (κ3) is 3.54. The molecule has 4 nitrogen and oxygen atoms in total. The van der Waals surface area contributed by atoms with Crippen LogP contribution in [0.1, 0.15) is 21.5 Å². The van der Waals surface area contributed by atoms with Gasteiger partial charge in [-0.1, -0.05) is 29.8 Å². The Kier molecular flexibility index (Phi) is 4.82. The Labute approximate surface area is 150 Å². The van der Waals surface area contributed by atoms with E-state index in [1.54, 1.807) is 31.4 Å². The molecule has 0 aliphatic rings. The highest BCUT2D eigenvalue weighted by Gasteiger charge is 2.16. The van der Waals surface area contributed by atoms with Gasteiger partial charge in [-0.2, -0.15) is 5.26 Å². The summed E-state index contributed by atoms with van der Waals surface area (Å²) in [5.74, 6) is 0.434. The number of nitrogens with one attached hydrogen (secondary N) is 1. The molecule has 1 N–H and O–H groups in total. The summed E-state index contributed by atoms with van der Waals surface area (Å²) in [5.41, 5.74) is 3.94. The lowest BCUT2D eigenvalue weighted by Crippen LogP contribution is -2.11. The molecule has 0 fully saturated rings. The van der Waals surface area contributed by atoms with E-state index in [2.05, 4.69) is 11.4 Å². The maximum absolute atomic E-state index is 12.4. The van der Waals surface area contributed by atoms with Crippen LogP contribution in [-0.4, -0.2) is 13.0 Å². The zero-order chi connectivity index (χ0) is 17.8. The monoisotopic (exact) mass is 348 g/mol. The molecule has 0 spiro atoms. The molecule has 1 amide bonds. The predicted octanol–water partition coefficient (Wildman–Crippen LogP) is 4.86. The second-order valence-corrected chi connectivity index (χ2v) is 6.39. The summed E-state index contributed by atoms with van der Waals surface area (Å²) in [6.45, 7) is 2.02. The minimum absolute atomic E-state index is 0.253. The van der Waals surface area contributed by atoms with Crippen molar-refractivity contribution >= 4 is 22.2 Å². The molecule has 0 aliphatic carbocycles. The lowest BCUT2D eigenvalue weighted by atomic mass is 10.0. The average Bonchev–Trinajstić information content (AvgIpc) is 3.05. The lowest BCUT2D eigenvalue weighted by molar-refractivity contribution is 0.102. The number of thiophene rings is 1. The summed E-state index contributed by atoms with van der Waals surface area (Å²) in [4.78, 5) is 12.4. The molecule has 0 saturated carbocycles. The number of hydrogen-bond acceptors (Lipinski definition) is 4. The van der Waals surface area contributed by atoms with Gasteiger partial charge in [0.25, 0.3) is 5.91 Å². The molecule has 0 atom stereocenters. The van der Waals surface area contributed by atoms with Crippen LogP contribution in [0.3, 0.4) is 0 Å². The molecule has 0 unspecified atom stereocenters. The van der Waals surface area contributed by atoms with Crippen LogP contribution in [0.2, 0.25) is 0 Å². The molecule has 0 radical (unpaired) electrons. The molecule has 2 aromatic carbocycles. The fourth-order valence-corrected chi connectivity index (χ4v) is 3.34. The molecule has 5 heteroatoms. The minimum atomic E-state index is -0.253. The first-order chi connectivity index (χ1) is 12.1. The van der Waals surface area contributed by atoms with Crippen molar-refractivity contribution in [2.75, 3.05) is 12.4 Å². The van der Waals surface area contributed by atoms with Crippen LogP contribution in [0.25, 0.3) is 11.1 Å². The van der Waals surface area contributed by atoms with Gasteiger partial charge in [-0.05, 0) is 36.8 Å². The van der Waals surface area contributed by atoms with Gasteiger partial charge in [-0.3, -0.25) is 4.79 Å². The maximum Gasteiger partial charge on any atom is 0.256 e. The van der Waals surface area contributed by atoms with Crippen LogP contribution in [0.4, 0.5) is 5.00 Å². The smallest absolute Gasteiger partial charge is 0.256 e. The fraction of sp³-hybridized carbons (Fsp3) is 0.100. The Bertz CT molecular complexity index is 935. The number of aryl methyl sites for hydroxylation is 1. The normalized spacial score (nSPS) is 10.1. The van der Waals surface area contributed by atoms with Crippen LogP contribution in [0, 0.1) is 18.3 Å². The van der Waals surface area contributed by atoms with Crippen LogP contribution >= 0.6 is 11.3 Å². The highest BCUT2D eigenvalue weighted by molar-refractivity contribution is 7.15. The van der Waals surface area contributed by atoms with Crippen LogP contribution < -0.4 is 10.1 Å². The number of rotatable bonds is 4. The van der Waals surface area contributed by atoms with Gasteiger partial charge < -0.3 is 10.1 Å². The molecular formula is C20H16N2O2S. The summed E-state index contributed by atoms with van der Waals surface area (Å²) in [6, 6.07) is 17.0. The number of carbonyl (C=O) groups is 1. The number of methoxy groups -OCH3 is 1. The largest absolute Gasteiger partial charge is 0.497 e. The summed E-state index contributed by atoms with van der Waals surface area (Å²) in [7, 11) is 1.58. The van der Waals surface area contributed by atoms with E-state index < -0.39 is 0 Å². The number of ether oxygens (including phenoxy) is 1. The van der Waals surface area contributed by atoms with Crippen LogP contribution in [-0.2, 0) is 0 Å². The van der Waals surface area contributed by atoms with Crippen molar-refractivity contribution in [1.82, 2.24) is 0 Å². The fourth-order valence-electron chi connectivity index (χ4n) is 2.42. The van der Waals surface area contributed by atoms with Crippen molar-refractivity contribution in [1.29, 1.82) is 5.26 Å². The van der Waals surface area contributed by atoms with E-state index in [1.165, 1.54) is 11.3 Å². The van der Waals surface area contributed by atoms with Crippen molar-refractivity contribution in [3.63, 3.8) is 0 Å². The number of carbonyl (C=O) groups excluding carboxylic acids is 1. The van der Waals surface area contributed by atoms with Gasteiger partial charge in [0, 0.05) is 16.5 Å². The number of anilines is 1. The van der Waals surface area contributed by atoms with Crippen LogP contribution in [0.5, 0.6) is 5.75 Å². The lowest BCUT2D eigenvalue weighted by Gasteiger charge is -2.05. The second-order valence-electron chi connectivity index (χ2n) is 5.51. The van der Waals surface area contributed by atoms with E-state index in [4.69, 9.17) is 4.74 Å². The topological polar surface area (TPSA) is 62.1 Å². The van der Waals surface area contributed by atoms with Gasteiger partial charge in [0.05, 0.1) is 12.7 Å². The van der Waals surface area contributed by atoms with Crippen molar-refractivity contribution < 1.29 is 9.53 Å². The standard InChI is InChI=1S/C20H16N2O2S/c1-13-3-5-14(6-4-13)18-12-25-20(17(18)11-21)22-19(23)15-7-9-16(24-2)10-8-15/h3-10,12H,1-2H3,(H,22,23). The summed E-state index contributed by atoms with van der Waals surface area (Å²) in [5, 5.41) is 14.8. The number of nitriles is 1. The van der Waals surface area contributed by atoms with Crippen molar-refractivity contribution in [2.45, 2.75) is 6.92 Å². The van der Waals surface area contributed by atoms with Gasteiger partial charge in [-0.15, -0.1) is 11.3 Å².